The van der Waals surface area contributed by atoms with E-state index in [9.17, 15) is 23.4 Å². The lowest BCUT2D eigenvalue weighted by atomic mass is 10.0. The molecule has 12 heteroatoms. The van der Waals surface area contributed by atoms with Crippen molar-refractivity contribution in [3.05, 3.63) is 30.0 Å². The molecule has 1 saturated carbocycles. The monoisotopic (exact) mass is 482 g/mol. The number of thiazole rings is 1. The number of hydrogen-bond donors (Lipinski definition) is 5. The topological polar surface area (TPSA) is 115 Å². The molecule has 8 nitrogen and oxygen atoms in total. The molecular formula is C21H25F3N6O2S. The highest BCUT2D eigenvalue weighted by Crippen LogP contribution is 2.40. The van der Waals surface area contributed by atoms with Gasteiger partial charge in [-0.15, -0.1) is 11.3 Å². The van der Waals surface area contributed by atoms with Crippen molar-refractivity contribution in [1.29, 1.82) is 0 Å². The van der Waals surface area contributed by atoms with Gasteiger partial charge in [-0.3, -0.25) is 0 Å². The van der Waals surface area contributed by atoms with Crippen LogP contribution in [0.4, 0.5) is 24.9 Å². The first-order valence-electron chi connectivity index (χ1n) is 10.5. The first kappa shape index (κ1) is 23.6. The van der Waals surface area contributed by atoms with Gasteiger partial charge in [0.1, 0.15) is 23.5 Å². The molecule has 0 aliphatic heterocycles. The highest BCUT2D eigenvalue weighted by atomic mass is 32.1. The van der Waals surface area contributed by atoms with Crippen molar-refractivity contribution < 1.29 is 23.4 Å². The molecule has 1 aliphatic carbocycles. The van der Waals surface area contributed by atoms with Gasteiger partial charge in [0.25, 0.3) is 0 Å². The second-order valence-electron chi connectivity index (χ2n) is 8.16. The summed E-state index contributed by atoms with van der Waals surface area (Å²) in [6, 6.07) is 7.51. The highest BCUT2D eigenvalue weighted by Gasteiger charge is 2.47. The number of alkyl halides is 3. The zero-order valence-electron chi connectivity index (χ0n) is 18.1. The number of anilines is 2. The Bertz CT molecular complexity index is 1110. The number of hydrogen-bond acceptors (Lipinski definition) is 9. The maximum atomic E-state index is 12.7. The maximum Gasteiger partial charge on any atom is 0.405 e. The molecule has 1 aliphatic rings. The van der Waals surface area contributed by atoms with E-state index in [1.807, 2.05) is 24.3 Å². The molecule has 2 heterocycles. The van der Waals surface area contributed by atoms with E-state index < -0.39 is 24.6 Å². The molecule has 1 fully saturated rings. The minimum atomic E-state index is -4.45. The minimum absolute atomic E-state index is 0.109. The van der Waals surface area contributed by atoms with Gasteiger partial charge in [0.05, 0.1) is 21.5 Å². The first-order valence-corrected chi connectivity index (χ1v) is 11.3. The third kappa shape index (κ3) is 5.03. The number of halogens is 3. The van der Waals surface area contributed by atoms with E-state index in [0.717, 1.165) is 10.2 Å². The van der Waals surface area contributed by atoms with Crippen molar-refractivity contribution in [2.24, 2.45) is 5.92 Å². The zero-order valence-corrected chi connectivity index (χ0v) is 18.9. The van der Waals surface area contributed by atoms with Crippen LogP contribution in [0.5, 0.6) is 0 Å². The van der Waals surface area contributed by atoms with Gasteiger partial charge in [-0.05, 0) is 38.9 Å². The standard InChI is InChI=1S/C21H25F3N6O2S/c1-11-15(18-28-13-5-3-4-6-14(13)33-18)17(29-19(27-11)26-10-21(22,23)24)30-20(32)8-7-12(9-25-2)16(20)31/h3-6,12,16,25,31-32H,7-10H2,1-2H3,(H2,26,27,29,30). The lowest BCUT2D eigenvalue weighted by Crippen LogP contribution is -2.48. The summed E-state index contributed by atoms with van der Waals surface area (Å²) in [6.07, 6.45) is -4.74. The van der Waals surface area contributed by atoms with Gasteiger partial charge in [0.2, 0.25) is 5.95 Å². The molecule has 33 heavy (non-hydrogen) atoms. The number of aliphatic hydroxyl groups excluding tert-OH is 1. The van der Waals surface area contributed by atoms with Gasteiger partial charge in [-0.25, -0.2) is 9.97 Å². The molecule has 3 aromatic rings. The fourth-order valence-corrected chi connectivity index (χ4v) is 5.14. The summed E-state index contributed by atoms with van der Waals surface area (Å²) in [5, 5.41) is 30.6. The lowest BCUT2D eigenvalue weighted by molar-refractivity contribution is -0.115. The van der Waals surface area contributed by atoms with Crippen LogP contribution >= 0.6 is 11.3 Å². The fourth-order valence-electron chi connectivity index (χ4n) is 4.08. The third-order valence-corrected chi connectivity index (χ3v) is 6.73. The molecule has 0 spiro atoms. The largest absolute Gasteiger partial charge is 0.405 e. The molecule has 1 aromatic carbocycles. The van der Waals surface area contributed by atoms with E-state index >= 15 is 0 Å². The van der Waals surface area contributed by atoms with Crippen molar-refractivity contribution in [1.82, 2.24) is 20.3 Å². The minimum Gasteiger partial charge on any atom is -0.388 e. The predicted octanol–water partition coefficient (Wildman–Crippen LogP) is 3.13. The van der Waals surface area contributed by atoms with Crippen LogP contribution in [-0.4, -0.2) is 63.3 Å². The average Bonchev–Trinajstić information content (AvgIpc) is 3.28. The van der Waals surface area contributed by atoms with Crippen molar-refractivity contribution in [3.63, 3.8) is 0 Å². The van der Waals surface area contributed by atoms with Crippen LogP contribution < -0.4 is 16.0 Å². The number of nitrogens with zero attached hydrogens (tertiary/aromatic N) is 3. The summed E-state index contributed by atoms with van der Waals surface area (Å²) in [5.74, 6) is -0.318. The Labute approximate surface area is 192 Å². The van der Waals surface area contributed by atoms with E-state index in [1.165, 1.54) is 11.3 Å². The van der Waals surface area contributed by atoms with E-state index in [4.69, 9.17) is 0 Å². The number of aryl methyl sites for hydroxylation is 1. The van der Waals surface area contributed by atoms with Gasteiger partial charge in [0.15, 0.2) is 5.72 Å². The number of aromatic nitrogens is 3. The van der Waals surface area contributed by atoms with E-state index in [2.05, 4.69) is 30.9 Å². The Kier molecular flexibility index (Phi) is 6.45. The van der Waals surface area contributed by atoms with Crippen molar-refractivity contribution in [2.45, 2.75) is 37.8 Å². The summed E-state index contributed by atoms with van der Waals surface area (Å²) >= 11 is 1.38. The summed E-state index contributed by atoms with van der Waals surface area (Å²) < 4.78 is 39.1. The predicted molar refractivity (Wildman–Crippen MR) is 121 cm³/mol. The van der Waals surface area contributed by atoms with E-state index in [0.29, 0.717) is 29.2 Å². The van der Waals surface area contributed by atoms with Crippen LogP contribution in [0.3, 0.4) is 0 Å². The molecule has 0 amide bonds. The van der Waals surface area contributed by atoms with Crippen LogP contribution in [0, 0.1) is 12.8 Å². The first-order chi connectivity index (χ1) is 15.6. The number of fused-ring (bicyclic) bond motifs is 1. The number of para-hydroxylation sites is 1. The smallest absolute Gasteiger partial charge is 0.388 e. The highest BCUT2D eigenvalue weighted by molar-refractivity contribution is 7.21. The molecule has 2 aromatic heterocycles. The van der Waals surface area contributed by atoms with Gasteiger partial charge in [0, 0.05) is 12.5 Å². The quantitative estimate of drug-likeness (QED) is 0.326. The SMILES string of the molecule is CNCC1CCC(O)(Nc2nc(NCC(F)(F)F)nc(C)c2-c2nc3ccccc3s2)C1O. The molecule has 0 bridgehead atoms. The van der Waals surface area contributed by atoms with Crippen LogP contribution in [0.2, 0.25) is 0 Å². The molecule has 0 radical (unpaired) electrons. The lowest BCUT2D eigenvalue weighted by Gasteiger charge is -2.31. The van der Waals surface area contributed by atoms with Crippen LogP contribution in [0.25, 0.3) is 20.8 Å². The maximum absolute atomic E-state index is 12.7. The summed E-state index contributed by atoms with van der Waals surface area (Å²) in [6.45, 7) is 0.854. The van der Waals surface area contributed by atoms with Gasteiger partial charge < -0.3 is 26.2 Å². The van der Waals surface area contributed by atoms with E-state index in [-0.39, 0.29) is 24.1 Å². The average molecular weight is 483 g/mol. The number of aliphatic hydroxyl groups is 2. The second-order valence-corrected chi connectivity index (χ2v) is 9.19. The number of benzene rings is 1. The molecule has 3 unspecified atom stereocenters. The fraction of sp³-hybridized carbons (Fsp3) is 0.476. The van der Waals surface area contributed by atoms with Crippen LogP contribution in [0.1, 0.15) is 18.5 Å². The van der Waals surface area contributed by atoms with Crippen LogP contribution in [0.15, 0.2) is 24.3 Å². The van der Waals surface area contributed by atoms with Crippen molar-refractivity contribution >= 4 is 33.3 Å². The Morgan fingerprint density at radius 3 is 2.67 bits per heavy atom. The Morgan fingerprint density at radius 2 is 1.97 bits per heavy atom. The molecule has 4 rings (SSSR count). The molecule has 178 valence electrons. The normalized spacial score (nSPS) is 23.2. The Hall–Kier alpha value is -2.54. The number of nitrogens with one attached hydrogen (secondary N) is 3. The molecule has 0 saturated heterocycles. The molecule has 5 N–H and O–H groups in total. The summed E-state index contributed by atoms with van der Waals surface area (Å²) in [5.41, 5.74) is -0.0870. The van der Waals surface area contributed by atoms with Gasteiger partial charge in [-0.1, -0.05) is 12.1 Å². The summed E-state index contributed by atoms with van der Waals surface area (Å²) in [4.78, 5) is 13.1. The van der Waals surface area contributed by atoms with Gasteiger partial charge >= 0.3 is 6.18 Å². The summed E-state index contributed by atoms with van der Waals surface area (Å²) in [7, 11) is 1.76. The number of rotatable bonds is 7. The zero-order chi connectivity index (χ0) is 23.8. The van der Waals surface area contributed by atoms with Crippen LogP contribution in [-0.2, 0) is 0 Å². The second kappa shape index (κ2) is 9.01. The van der Waals surface area contributed by atoms with Crippen molar-refractivity contribution in [2.75, 3.05) is 30.8 Å². The van der Waals surface area contributed by atoms with E-state index in [1.54, 1.807) is 14.0 Å². The van der Waals surface area contributed by atoms with Crippen molar-refractivity contribution in [3.8, 4) is 10.6 Å². The Morgan fingerprint density at radius 1 is 1.21 bits per heavy atom. The van der Waals surface area contributed by atoms with Gasteiger partial charge in [-0.2, -0.15) is 18.2 Å². The molecular weight excluding hydrogens is 457 g/mol. The molecule has 3 atom stereocenters. The Balaban J connectivity index is 1.75. The third-order valence-electron chi connectivity index (χ3n) is 5.68.